The predicted molar refractivity (Wildman–Crippen MR) is 117 cm³/mol. The van der Waals surface area contributed by atoms with Crippen molar-refractivity contribution >= 4 is 29.0 Å². The highest BCUT2D eigenvalue weighted by Gasteiger charge is 2.28. The Morgan fingerprint density at radius 1 is 1.20 bits per heavy atom. The van der Waals surface area contributed by atoms with E-state index in [4.69, 9.17) is 4.74 Å². The van der Waals surface area contributed by atoms with E-state index in [9.17, 15) is 14.4 Å². The number of hydrogen-bond donors (Lipinski definition) is 1. The third kappa shape index (κ3) is 5.01. The van der Waals surface area contributed by atoms with E-state index in [0.29, 0.717) is 39.9 Å². The summed E-state index contributed by atoms with van der Waals surface area (Å²) in [6.45, 7) is 6.13. The van der Waals surface area contributed by atoms with Crippen LogP contribution < -0.4 is 0 Å². The van der Waals surface area contributed by atoms with E-state index in [2.05, 4.69) is 4.98 Å². The first kappa shape index (κ1) is 22.3. The fourth-order valence-corrected chi connectivity index (χ4v) is 4.98. The molecule has 1 aliphatic carbocycles. The van der Waals surface area contributed by atoms with Crippen molar-refractivity contribution in [2.45, 2.75) is 52.9 Å². The lowest BCUT2D eigenvalue weighted by Crippen LogP contribution is -2.39. The Morgan fingerprint density at radius 2 is 1.93 bits per heavy atom. The van der Waals surface area contributed by atoms with Gasteiger partial charge < -0.3 is 14.6 Å². The second kappa shape index (κ2) is 10.1. The Labute approximate surface area is 181 Å². The van der Waals surface area contributed by atoms with Crippen LogP contribution in [-0.4, -0.2) is 47.2 Å². The lowest BCUT2D eigenvalue weighted by atomic mass is 9.88. The van der Waals surface area contributed by atoms with Gasteiger partial charge in [0.2, 0.25) is 0 Å². The maximum Gasteiger partial charge on any atom is 0.355 e. The van der Waals surface area contributed by atoms with Crippen LogP contribution in [0.3, 0.4) is 0 Å². The van der Waals surface area contributed by atoms with Crippen LogP contribution in [0.5, 0.6) is 0 Å². The maximum atomic E-state index is 13.2. The van der Waals surface area contributed by atoms with Crippen molar-refractivity contribution < 1.29 is 19.1 Å². The van der Waals surface area contributed by atoms with Gasteiger partial charge in [-0.2, -0.15) is 0 Å². The molecule has 6 nitrogen and oxygen atoms in total. The summed E-state index contributed by atoms with van der Waals surface area (Å²) in [6.07, 6.45) is 5.79. The summed E-state index contributed by atoms with van der Waals surface area (Å²) in [7, 11) is 0. The number of ether oxygens (including phenoxy) is 1. The summed E-state index contributed by atoms with van der Waals surface area (Å²) in [6, 6.07) is 3.65. The summed E-state index contributed by atoms with van der Waals surface area (Å²) < 4.78 is 5.08. The van der Waals surface area contributed by atoms with Crippen LogP contribution in [0.1, 0.15) is 80.8 Å². The zero-order valence-corrected chi connectivity index (χ0v) is 18.8. The molecule has 2 aromatic heterocycles. The van der Waals surface area contributed by atoms with Crippen LogP contribution in [0.2, 0.25) is 0 Å². The zero-order valence-electron chi connectivity index (χ0n) is 18.0. The number of H-pyrrole nitrogens is 1. The van der Waals surface area contributed by atoms with Gasteiger partial charge >= 0.3 is 5.97 Å². The van der Waals surface area contributed by atoms with Crippen LogP contribution in [0.4, 0.5) is 0 Å². The molecule has 0 saturated heterocycles. The van der Waals surface area contributed by atoms with Crippen LogP contribution >= 0.6 is 11.3 Å². The number of amides is 1. The lowest BCUT2D eigenvalue weighted by Gasteiger charge is -2.29. The Kier molecular flexibility index (Phi) is 7.48. The largest absolute Gasteiger partial charge is 0.461 e. The molecular weight excluding hydrogens is 400 g/mol. The van der Waals surface area contributed by atoms with Gasteiger partial charge in [-0.15, -0.1) is 11.3 Å². The van der Waals surface area contributed by atoms with Gasteiger partial charge in [0.05, 0.1) is 18.0 Å². The van der Waals surface area contributed by atoms with Gasteiger partial charge in [0.25, 0.3) is 5.91 Å². The van der Waals surface area contributed by atoms with Crippen molar-refractivity contribution in [3.63, 3.8) is 0 Å². The molecule has 162 valence electrons. The summed E-state index contributed by atoms with van der Waals surface area (Å²) in [5, 5.41) is 1.87. The van der Waals surface area contributed by atoms with Gasteiger partial charge in [0.1, 0.15) is 5.69 Å². The summed E-state index contributed by atoms with van der Waals surface area (Å²) in [4.78, 5) is 43.9. The van der Waals surface area contributed by atoms with Gasteiger partial charge in [0.15, 0.2) is 5.78 Å². The monoisotopic (exact) mass is 430 g/mol. The summed E-state index contributed by atoms with van der Waals surface area (Å²) in [5.74, 6) is -0.289. The number of aryl methyl sites for hydroxylation is 1. The fourth-order valence-electron chi connectivity index (χ4n) is 4.28. The first-order chi connectivity index (χ1) is 14.4. The summed E-state index contributed by atoms with van der Waals surface area (Å²) in [5.41, 5.74) is 1.99. The Morgan fingerprint density at radius 3 is 2.57 bits per heavy atom. The number of carbonyl (C=O) groups excluding carboxylic acids is 3. The number of thiophene rings is 1. The van der Waals surface area contributed by atoms with Crippen molar-refractivity contribution in [2.24, 2.45) is 5.92 Å². The van der Waals surface area contributed by atoms with Gasteiger partial charge in [-0.25, -0.2) is 4.79 Å². The molecule has 0 radical (unpaired) electrons. The molecule has 1 fully saturated rings. The number of Topliss-reactive ketones (excluding diaryl/α,β-unsaturated/α-hetero) is 1. The highest BCUT2D eigenvalue weighted by atomic mass is 32.1. The second-order valence-electron chi connectivity index (χ2n) is 7.94. The van der Waals surface area contributed by atoms with E-state index >= 15 is 0 Å². The molecule has 2 heterocycles. The topological polar surface area (TPSA) is 79.5 Å². The van der Waals surface area contributed by atoms with E-state index in [1.165, 1.54) is 30.6 Å². The number of nitrogens with one attached hydrogen (secondary N) is 1. The molecule has 3 rings (SSSR count). The quantitative estimate of drug-likeness (QED) is 0.483. The highest BCUT2D eigenvalue weighted by molar-refractivity contribution is 7.12. The third-order valence-corrected chi connectivity index (χ3v) is 6.61. The van der Waals surface area contributed by atoms with Crippen LogP contribution in [0.15, 0.2) is 17.5 Å². The molecular formula is C23H30N2O4S. The molecule has 7 heteroatoms. The minimum absolute atomic E-state index is 0.00896. The maximum absolute atomic E-state index is 13.2. The Balaban J connectivity index is 1.82. The van der Waals surface area contributed by atoms with Crippen molar-refractivity contribution in [3.8, 4) is 0 Å². The Hall–Kier alpha value is -2.41. The first-order valence-electron chi connectivity index (χ1n) is 10.6. The molecule has 30 heavy (non-hydrogen) atoms. The SMILES string of the molecule is CCOC(=O)c1[nH]c(C)c(C(=O)CN(CC2CCCCC2)C(=O)c2cccs2)c1C. The molecule has 0 unspecified atom stereocenters. The fraction of sp³-hybridized carbons (Fsp3) is 0.522. The zero-order chi connectivity index (χ0) is 21.7. The Bertz CT molecular complexity index is 895. The standard InChI is InChI=1S/C23H30N2O4S/c1-4-29-23(28)21-15(2)20(16(3)24-21)18(26)14-25(13-17-9-6-5-7-10-17)22(27)19-11-8-12-30-19/h8,11-12,17,24H,4-7,9-10,13-14H2,1-3H3. The van der Waals surface area contributed by atoms with Crippen LogP contribution in [0, 0.1) is 19.8 Å². The third-order valence-electron chi connectivity index (χ3n) is 5.75. The molecule has 1 amide bonds. The van der Waals surface area contributed by atoms with Crippen molar-refractivity contribution in [1.29, 1.82) is 0 Å². The molecule has 0 atom stereocenters. The smallest absolute Gasteiger partial charge is 0.355 e. The molecule has 1 aliphatic rings. The van der Waals surface area contributed by atoms with E-state index in [0.717, 1.165) is 12.8 Å². The molecule has 0 aromatic carbocycles. The number of ketones is 1. The van der Waals surface area contributed by atoms with E-state index < -0.39 is 5.97 Å². The van der Waals surface area contributed by atoms with Gasteiger partial charge in [-0.05, 0) is 56.5 Å². The van der Waals surface area contributed by atoms with E-state index in [1.54, 1.807) is 31.7 Å². The lowest BCUT2D eigenvalue weighted by molar-refractivity contribution is 0.0519. The molecule has 1 saturated carbocycles. The predicted octanol–water partition coefficient (Wildman–Crippen LogP) is 4.78. The minimum Gasteiger partial charge on any atom is -0.461 e. The van der Waals surface area contributed by atoms with Crippen molar-refractivity contribution in [1.82, 2.24) is 9.88 Å². The number of carbonyl (C=O) groups is 3. The van der Waals surface area contributed by atoms with Gasteiger partial charge in [-0.1, -0.05) is 25.3 Å². The highest BCUT2D eigenvalue weighted by Crippen LogP contribution is 2.26. The van der Waals surface area contributed by atoms with Crippen LogP contribution in [-0.2, 0) is 4.74 Å². The van der Waals surface area contributed by atoms with Crippen molar-refractivity contribution in [3.05, 3.63) is 44.9 Å². The second-order valence-corrected chi connectivity index (χ2v) is 8.88. The molecule has 1 N–H and O–H groups in total. The van der Waals surface area contributed by atoms with Gasteiger partial charge in [0, 0.05) is 17.8 Å². The molecule has 0 bridgehead atoms. The number of esters is 1. The number of hydrogen-bond acceptors (Lipinski definition) is 5. The van der Waals surface area contributed by atoms with Crippen LogP contribution in [0.25, 0.3) is 0 Å². The van der Waals surface area contributed by atoms with Gasteiger partial charge in [-0.3, -0.25) is 9.59 Å². The average Bonchev–Trinajstić information content (AvgIpc) is 3.36. The molecule has 0 aliphatic heterocycles. The van der Waals surface area contributed by atoms with E-state index in [-0.39, 0.29) is 24.8 Å². The first-order valence-corrected chi connectivity index (χ1v) is 11.5. The summed E-state index contributed by atoms with van der Waals surface area (Å²) >= 11 is 1.39. The minimum atomic E-state index is -0.467. The molecule has 0 spiro atoms. The number of aromatic nitrogens is 1. The number of nitrogens with zero attached hydrogens (tertiary/aromatic N) is 1. The average molecular weight is 431 g/mol. The number of aromatic amines is 1. The normalized spacial score (nSPS) is 14.5. The molecule has 2 aromatic rings. The number of rotatable bonds is 8. The van der Waals surface area contributed by atoms with E-state index in [1.807, 2.05) is 11.4 Å². The van der Waals surface area contributed by atoms with Crippen molar-refractivity contribution in [2.75, 3.05) is 19.7 Å².